The van der Waals surface area contributed by atoms with Gasteiger partial charge in [-0.2, -0.15) is 0 Å². The van der Waals surface area contributed by atoms with Gasteiger partial charge in [-0.1, -0.05) is 31.5 Å². The standard InChI is InChI=1S/C12H16ClF2N/c1-8(2)12(15,7-16)6-9-3-4-10(13)11(14)5-9/h3-5,8H,6-7,16H2,1-2H3. The summed E-state index contributed by atoms with van der Waals surface area (Å²) in [6.07, 6.45) is 0.106. The van der Waals surface area contributed by atoms with Crippen LogP contribution in [0.15, 0.2) is 18.2 Å². The molecule has 1 atom stereocenters. The summed E-state index contributed by atoms with van der Waals surface area (Å²) in [5.41, 5.74) is 4.50. The zero-order valence-corrected chi connectivity index (χ0v) is 10.2. The molecule has 4 heteroatoms. The first-order valence-electron chi connectivity index (χ1n) is 5.22. The summed E-state index contributed by atoms with van der Waals surface area (Å²) < 4.78 is 27.5. The summed E-state index contributed by atoms with van der Waals surface area (Å²) >= 11 is 5.55. The van der Waals surface area contributed by atoms with E-state index < -0.39 is 11.5 Å². The Morgan fingerprint density at radius 3 is 2.50 bits per heavy atom. The van der Waals surface area contributed by atoms with Gasteiger partial charge in [0.2, 0.25) is 0 Å². The van der Waals surface area contributed by atoms with Crippen LogP contribution in [-0.2, 0) is 6.42 Å². The van der Waals surface area contributed by atoms with E-state index in [4.69, 9.17) is 17.3 Å². The number of hydrogen-bond donors (Lipinski definition) is 1. The Balaban J connectivity index is 2.90. The lowest BCUT2D eigenvalue weighted by Gasteiger charge is -2.28. The first-order chi connectivity index (χ1) is 7.39. The van der Waals surface area contributed by atoms with Gasteiger partial charge in [0, 0.05) is 13.0 Å². The van der Waals surface area contributed by atoms with Crippen molar-refractivity contribution >= 4 is 11.6 Å². The van der Waals surface area contributed by atoms with Crippen LogP contribution >= 0.6 is 11.6 Å². The molecule has 1 nitrogen and oxygen atoms in total. The molecule has 0 saturated carbocycles. The van der Waals surface area contributed by atoms with Crippen LogP contribution in [-0.4, -0.2) is 12.2 Å². The molecule has 0 heterocycles. The van der Waals surface area contributed by atoms with Crippen molar-refractivity contribution in [1.29, 1.82) is 0 Å². The van der Waals surface area contributed by atoms with E-state index in [1.165, 1.54) is 12.1 Å². The number of alkyl halides is 1. The highest BCUT2D eigenvalue weighted by atomic mass is 35.5. The molecular weight excluding hydrogens is 232 g/mol. The first kappa shape index (κ1) is 13.4. The van der Waals surface area contributed by atoms with Crippen molar-refractivity contribution in [3.8, 4) is 0 Å². The van der Waals surface area contributed by atoms with Crippen LogP contribution in [0.25, 0.3) is 0 Å². The van der Waals surface area contributed by atoms with Gasteiger partial charge in [-0.3, -0.25) is 0 Å². The summed E-state index contributed by atoms with van der Waals surface area (Å²) in [7, 11) is 0. The molecule has 2 N–H and O–H groups in total. The van der Waals surface area contributed by atoms with Crippen LogP contribution in [0.2, 0.25) is 5.02 Å². The predicted molar refractivity (Wildman–Crippen MR) is 62.8 cm³/mol. The van der Waals surface area contributed by atoms with Gasteiger partial charge in [-0.25, -0.2) is 8.78 Å². The van der Waals surface area contributed by atoms with E-state index in [0.717, 1.165) is 0 Å². The first-order valence-corrected chi connectivity index (χ1v) is 5.60. The van der Waals surface area contributed by atoms with Crippen LogP contribution in [0.5, 0.6) is 0 Å². The molecule has 0 aliphatic heterocycles. The van der Waals surface area contributed by atoms with E-state index in [-0.39, 0.29) is 23.9 Å². The molecule has 0 fully saturated rings. The lowest BCUT2D eigenvalue weighted by atomic mass is 9.86. The molecule has 0 amide bonds. The summed E-state index contributed by atoms with van der Waals surface area (Å²) in [6, 6.07) is 4.32. The highest BCUT2D eigenvalue weighted by molar-refractivity contribution is 6.30. The molecule has 0 radical (unpaired) electrons. The molecule has 1 aromatic rings. The van der Waals surface area contributed by atoms with Crippen LogP contribution in [0.3, 0.4) is 0 Å². The van der Waals surface area contributed by atoms with Crippen molar-refractivity contribution < 1.29 is 8.78 Å². The molecule has 1 aromatic carbocycles. The molecule has 16 heavy (non-hydrogen) atoms. The fourth-order valence-corrected chi connectivity index (χ4v) is 1.62. The summed E-state index contributed by atoms with van der Waals surface area (Å²) in [5.74, 6) is -0.737. The van der Waals surface area contributed by atoms with Gasteiger partial charge >= 0.3 is 0 Å². The molecule has 90 valence electrons. The van der Waals surface area contributed by atoms with E-state index in [1.54, 1.807) is 19.9 Å². The Morgan fingerprint density at radius 2 is 2.06 bits per heavy atom. The van der Waals surface area contributed by atoms with Gasteiger partial charge in [0.1, 0.15) is 11.5 Å². The normalized spacial score (nSPS) is 15.2. The quantitative estimate of drug-likeness (QED) is 0.868. The lowest BCUT2D eigenvalue weighted by molar-refractivity contribution is 0.110. The summed E-state index contributed by atoms with van der Waals surface area (Å²) in [6.45, 7) is 3.45. The lowest BCUT2D eigenvalue weighted by Crippen LogP contribution is -2.40. The van der Waals surface area contributed by atoms with E-state index in [1.807, 2.05) is 0 Å². The average molecular weight is 248 g/mol. The SMILES string of the molecule is CC(C)C(F)(CN)Cc1ccc(Cl)c(F)c1. The van der Waals surface area contributed by atoms with Crippen molar-refractivity contribution in [1.82, 2.24) is 0 Å². The molecule has 1 unspecified atom stereocenters. The van der Waals surface area contributed by atoms with Crippen LogP contribution in [0.1, 0.15) is 19.4 Å². The molecule has 0 spiro atoms. The molecule has 0 aromatic heterocycles. The number of benzene rings is 1. The molecule has 0 aliphatic rings. The summed E-state index contributed by atoms with van der Waals surface area (Å²) in [4.78, 5) is 0. The Labute approximate surface area is 99.6 Å². The van der Waals surface area contributed by atoms with Gasteiger partial charge in [0.25, 0.3) is 0 Å². The molecule has 0 bridgehead atoms. The third-order valence-electron chi connectivity index (χ3n) is 2.86. The van der Waals surface area contributed by atoms with Crippen LogP contribution < -0.4 is 5.73 Å². The Kier molecular flexibility index (Phi) is 4.28. The number of halogens is 3. The van der Waals surface area contributed by atoms with Crippen LogP contribution in [0, 0.1) is 11.7 Å². The number of nitrogens with two attached hydrogens (primary N) is 1. The van der Waals surface area contributed by atoms with Gasteiger partial charge in [-0.05, 0) is 23.6 Å². The fourth-order valence-electron chi connectivity index (χ4n) is 1.50. The molecule has 0 aliphatic carbocycles. The molecular formula is C12H16ClF2N. The van der Waals surface area contributed by atoms with Crippen molar-refractivity contribution in [3.05, 3.63) is 34.6 Å². The van der Waals surface area contributed by atoms with Crippen molar-refractivity contribution in [2.75, 3.05) is 6.54 Å². The van der Waals surface area contributed by atoms with Crippen molar-refractivity contribution in [2.45, 2.75) is 25.9 Å². The maximum absolute atomic E-state index is 14.3. The fraction of sp³-hybridized carbons (Fsp3) is 0.500. The van der Waals surface area contributed by atoms with Gasteiger partial charge in [0.15, 0.2) is 0 Å². The average Bonchev–Trinajstić information content (AvgIpc) is 2.23. The smallest absolute Gasteiger partial charge is 0.142 e. The minimum Gasteiger partial charge on any atom is -0.328 e. The minimum atomic E-state index is -1.50. The largest absolute Gasteiger partial charge is 0.328 e. The third-order valence-corrected chi connectivity index (χ3v) is 3.16. The second-order valence-corrected chi connectivity index (χ2v) is 4.73. The Hall–Kier alpha value is -0.670. The Bertz CT molecular complexity index is 368. The second-order valence-electron chi connectivity index (χ2n) is 4.32. The van der Waals surface area contributed by atoms with Crippen molar-refractivity contribution in [2.24, 2.45) is 11.7 Å². The molecule has 1 rings (SSSR count). The van der Waals surface area contributed by atoms with E-state index >= 15 is 0 Å². The van der Waals surface area contributed by atoms with Gasteiger partial charge in [-0.15, -0.1) is 0 Å². The topological polar surface area (TPSA) is 26.0 Å². The Morgan fingerprint density at radius 1 is 1.44 bits per heavy atom. The van der Waals surface area contributed by atoms with E-state index in [0.29, 0.717) is 5.56 Å². The maximum Gasteiger partial charge on any atom is 0.142 e. The highest BCUT2D eigenvalue weighted by Gasteiger charge is 2.32. The zero-order valence-electron chi connectivity index (χ0n) is 9.43. The zero-order chi connectivity index (χ0) is 12.3. The second kappa shape index (κ2) is 5.11. The highest BCUT2D eigenvalue weighted by Crippen LogP contribution is 2.27. The predicted octanol–water partition coefficient (Wildman–Crippen LogP) is 3.34. The van der Waals surface area contributed by atoms with E-state index in [2.05, 4.69) is 0 Å². The maximum atomic E-state index is 14.3. The van der Waals surface area contributed by atoms with E-state index in [9.17, 15) is 8.78 Å². The number of hydrogen-bond acceptors (Lipinski definition) is 1. The van der Waals surface area contributed by atoms with Crippen molar-refractivity contribution in [3.63, 3.8) is 0 Å². The van der Waals surface area contributed by atoms with Crippen LogP contribution in [0.4, 0.5) is 8.78 Å². The third kappa shape index (κ3) is 2.92. The minimum absolute atomic E-state index is 0.0468. The summed E-state index contributed by atoms with van der Waals surface area (Å²) in [5, 5.41) is 0.0468. The van der Waals surface area contributed by atoms with Gasteiger partial charge < -0.3 is 5.73 Å². The monoisotopic (exact) mass is 247 g/mol. The number of rotatable bonds is 4. The van der Waals surface area contributed by atoms with Gasteiger partial charge in [0.05, 0.1) is 5.02 Å². The molecule has 0 saturated heterocycles.